The molecule has 0 unspecified atom stereocenters. The zero-order chi connectivity index (χ0) is 16.5. The summed E-state index contributed by atoms with van der Waals surface area (Å²) in [7, 11) is 0. The van der Waals surface area contributed by atoms with Crippen LogP contribution in [-0.4, -0.2) is 49.7 Å². The molecule has 0 aromatic rings. The summed E-state index contributed by atoms with van der Waals surface area (Å²) in [6, 6.07) is 0. The Morgan fingerprint density at radius 3 is 2.22 bits per heavy atom. The fourth-order valence-electron chi connectivity index (χ4n) is 3.93. The largest absolute Gasteiger partial charge is 0.378 e. The van der Waals surface area contributed by atoms with Gasteiger partial charge in [0.2, 0.25) is 0 Å². The minimum absolute atomic E-state index is 0.448. The van der Waals surface area contributed by atoms with Crippen LogP contribution in [0.4, 0.5) is 0 Å². The number of aliphatic imine (C=N–C) groups is 1. The summed E-state index contributed by atoms with van der Waals surface area (Å²) < 4.78 is 5.76. The van der Waals surface area contributed by atoms with E-state index in [1.165, 1.54) is 32.1 Å². The van der Waals surface area contributed by atoms with Crippen molar-refractivity contribution >= 4 is 5.96 Å². The van der Waals surface area contributed by atoms with Crippen molar-refractivity contribution in [1.29, 1.82) is 0 Å². The minimum Gasteiger partial charge on any atom is -0.378 e. The third kappa shape index (κ3) is 5.98. The van der Waals surface area contributed by atoms with Crippen molar-refractivity contribution < 1.29 is 4.74 Å². The first-order valence-corrected chi connectivity index (χ1v) is 9.91. The molecule has 23 heavy (non-hydrogen) atoms. The highest BCUT2D eigenvalue weighted by molar-refractivity contribution is 5.80. The van der Waals surface area contributed by atoms with Crippen molar-refractivity contribution in [1.82, 2.24) is 10.2 Å². The molecule has 0 aromatic carbocycles. The van der Waals surface area contributed by atoms with Gasteiger partial charge in [-0.1, -0.05) is 26.2 Å². The van der Waals surface area contributed by atoms with Crippen LogP contribution in [0.15, 0.2) is 4.99 Å². The fourth-order valence-corrected chi connectivity index (χ4v) is 3.93. The molecule has 134 valence electrons. The average Bonchev–Trinajstić information content (AvgIpc) is 2.60. The van der Waals surface area contributed by atoms with Crippen molar-refractivity contribution in [2.45, 2.75) is 71.8 Å². The quantitative estimate of drug-likeness (QED) is 0.598. The molecule has 2 rings (SSSR count). The van der Waals surface area contributed by atoms with E-state index in [2.05, 4.69) is 31.0 Å². The van der Waals surface area contributed by atoms with Gasteiger partial charge in [-0.25, -0.2) is 0 Å². The number of hydrogen-bond donors (Lipinski definition) is 1. The summed E-state index contributed by atoms with van der Waals surface area (Å²) in [6.45, 7) is 11.5. The monoisotopic (exact) mass is 323 g/mol. The Kier molecular flexibility index (Phi) is 8.21. The Hall–Kier alpha value is -0.770. The van der Waals surface area contributed by atoms with Crippen LogP contribution in [-0.2, 0) is 4.74 Å². The molecule has 0 spiro atoms. The van der Waals surface area contributed by atoms with Crippen LogP contribution in [0.3, 0.4) is 0 Å². The summed E-state index contributed by atoms with van der Waals surface area (Å²) in [4.78, 5) is 7.40. The highest BCUT2D eigenvalue weighted by atomic mass is 16.5. The molecule has 2 aliphatic rings. The first kappa shape index (κ1) is 18.6. The summed E-state index contributed by atoms with van der Waals surface area (Å²) >= 11 is 0. The van der Waals surface area contributed by atoms with Gasteiger partial charge in [0, 0.05) is 32.8 Å². The van der Waals surface area contributed by atoms with Crippen LogP contribution >= 0.6 is 0 Å². The summed E-state index contributed by atoms with van der Waals surface area (Å²) in [6.07, 6.45) is 9.61. The highest BCUT2D eigenvalue weighted by Crippen LogP contribution is 2.30. The van der Waals surface area contributed by atoms with E-state index in [0.717, 1.165) is 63.4 Å². The molecule has 0 aromatic heterocycles. The van der Waals surface area contributed by atoms with E-state index in [4.69, 9.17) is 9.73 Å². The van der Waals surface area contributed by atoms with Crippen LogP contribution in [0.2, 0.25) is 0 Å². The van der Waals surface area contributed by atoms with Crippen molar-refractivity contribution in [3.05, 3.63) is 0 Å². The molecule has 0 radical (unpaired) electrons. The smallest absolute Gasteiger partial charge is 0.193 e. The number of guanidine groups is 1. The van der Waals surface area contributed by atoms with Crippen molar-refractivity contribution in [2.75, 3.05) is 32.8 Å². The Balaban J connectivity index is 1.81. The highest BCUT2D eigenvalue weighted by Gasteiger charge is 2.23. The van der Waals surface area contributed by atoms with Gasteiger partial charge in [0.05, 0.1) is 6.10 Å². The lowest BCUT2D eigenvalue weighted by atomic mass is 9.81. The molecule has 1 N–H and O–H groups in total. The third-order valence-corrected chi connectivity index (χ3v) is 5.52. The van der Waals surface area contributed by atoms with Gasteiger partial charge in [0.25, 0.3) is 0 Å². The SMILES string of the molecule is CCNC(=NCC1CCC(CC)CC1)N1CCC(OCC)CC1. The lowest BCUT2D eigenvalue weighted by Gasteiger charge is -2.34. The number of likely N-dealkylation sites (tertiary alicyclic amines) is 1. The van der Waals surface area contributed by atoms with Gasteiger partial charge in [-0.15, -0.1) is 0 Å². The molecular formula is C19H37N3O. The number of piperidine rings is 1. The Morgan fingerprint density at radius 1 is 1.00 bits per heavy atom. The second-order valence-corrected chi connectivity index (χ2v) is 7.13. The summed E-state index contributed by atoms with van der Waals surface area (Å²) in [5.41, 5.74) is 0. The van der Waals surface area contributed by atoms with E-state index in [-0.39, 0.29) is 0 Å². The van der Waals surface area contributed by atoms with Gasteiger partial charge in [-0.2, -0.15) is 0 Å². The van der Waals surface area contributed by atoms with Crippen LogP contribution in [0.5, 0.6) is 0 Å². The first-order chi connectivity index (χ1) is 11.3. The summed E-state index contributed by atoms with van der Waals surface area (Å²) in [5.74, 6) is 2.90. The molecule has 4 nitrogen and oxygen atoms in total. The van der Waals surface area contributed by atoms with Gasteiger partial charge >= 0.3 is 0 Å². The van der Waals surface area contributed by atoms with Crippen molar-refractivity contribution in [3.8, 4) is 0 Å². The second kappa shape index (κ2) is 10.2. The number of rotatable bonds is 6. The molecule has 1 saturated carbocycles. The Labute approximate surface area is 143 Å². The predicted molar refractivity (Wildman–Crippen MR) is 97.9 cm³/mol. The molecule has 4 heteroatoms. The first-order valence-electron chi connectivity index (χ1n) is 9.91. The van der Waals surface area contributed by atoms with Crippen molar-refractivity contribution in [3.63, 3.8) is 0 Å². The van der Waals surface area contributed by atoms with Crippen LogP contribution < -0.4 is 5.32 Å². The van der Waals surface area contributed by atoms with Gasteiger partial charge < -0.3 is 15.0 Å². The topological polar surface area (TPSA) is 36.9 Å². The maximum atomic E-state index is 5.76. The van der Waals surface area contributed by atoms with Crippen LogP contribution in [0.25, 0.3) is 0 Å². The lowest BCUT2D eigenvalue weighted by molar-refractivity contribution is 0.0263. The van der Waals surface area contributed by atoms with E-state index in [1.54, 1.807) is 0 Å². The van der Waals surface area contributed by atoms with E-state index >= 15 is 0 Å². The Bertz CT molecular complexity index is 343. The molecule has 0 atom stereocenters. The minimum atomic E-state index is 0.448. The molecule has 1 aliphatic heterocycles. The molecule has 2 fully saturated rings. The normalized spacial score (nSPS) is 27.3. The van der Waals surface area contributed by atoms with E-state index in [1.807, 2.05) is 0 Å². The van der Waals surface area contributed by atoms with E-state index in [9.17, 15) is 0 Å². The van der Waals surface area contributed by atoms with Crippen molar-refractivity contribution in [2.24, 2.45) is 16.8 Å². The number of nitrogens with zero attached hydrogens (tertiary/aromatic N) is 2. The van der Waals surface area contributed by atoms with Crippen LogP contribution in [0, 0.1) is 11.8 Å². The molecular weight excluding hydrogens is 286 g/mol. The zero-order valence-corrected chi connectivity index (χ0v) is 15.5. The third-order valence-electron chi connectivity index (χ3n) is 5.52. The van der Waals surface area contributed by atoms with Crippen LogP contribution in [0.1, 0.15) is 65.7 Å². The van der Waals surface area contributed by atoms with Gasteiger partial charge in [-0.3, -0.25) is 4.99 Å². The predicted octanol–water partition coefficient (Wildman–Crippen LogP) is 3.67. The Morgan fingerprint density at radius 2 is 1.65 bits per heavy atom. The zero-order valence-electron chi connectivity index (χ0n) is 15.5. The summed E-state index contributed by atoms with van der Waals surface area (Å²) in [5, 5.41) is 3.49. The van der Waals surface area contributed by atoms with E-state index in [0.29, 0.717) is 6.10 Å². The maximum Gasteiger partial charge on any atom is 0.193 e. The van der Waals surface area contributed by atoms with Gasteiger partial charge in [-0.05, 0) is 51.4 Å². The standard InChI is InChI=1S/C19H37N3O/c1-4-16-7-9-17(10-8-16)15-21-19(20-5-2)22-13-11-18(12-14-22)23-6-3/h16-18H,4-15H2,1-3H3,(H,20,21). The second-order valence-electron chi connectivity index (χ2n) is 7.13. The maximum absolute atomic E-state index is 5.76. The fraction of sp³-hybridized carbons (Fsp3) is 0.947. The molecule has 1 aliphatic carbocycles. The average molecular weight is 324 g/mol. The molecule has 1 saturated heterocycles. The molecule has 1 heterocycles. The molecule has 0 amide bonds. The van der Waals surface area contributed by atoms with Gasteiger partial charge in [0.1, 0.15) is 0 Å². The number of nitrogens with one attached hydrogen (secondary N) is 1. The molecule has 0 bridgehead atoms. The van der Waals surface area contributed by atoms with Gasteiger partial charge in [0.15, 0.2) is 5.96 Å². The number of hydrogen-bond acceptors (Lipinski definition) is 2. The lowest BCUT2D eigenvalue weighted by Crippen LogP contribution is -2.47. The number of ether oxygens (including phenoxy) is 1. The van der Waals surface area contributed by atoms with E-state index < -0.39 is 0 Å².